The number of carboxylic acids is 1. The van der Waals surface area contributed by atoms with Crippen molar-refractivity contribution >= 4 is 25.5 Å². The van der Waals surface area contributed by atoms with Crippen molar-refractivity contribution in [1.29, 1.82) is 0 Å². The van der Waals surface area contributed by atoms with Gasteiger partial charge in [-0.3, -0.25) is 4.79 Å². The SMILES string of the molecule is CN(C)C[C@@H]1CC[C@@H](CCB(O)O)C[C@]1(N)C(=O)O.Cl. The van der Waals surface area contributed by atoms with Crippen molar-refractivity contribution < 1.29 is 19.9 Å². The molecule has 0 saturated heterocycles. The average molecular weight is 309 g/mol. The summed E-state index contributed by atoms with van der Waals surface area (Å²) in [5.74, 6) is -0.856. The standard InChI is InChI=1S/C12H25BN2O4.ClH/c1-15(2)8-10-4-3-9(5-6-13(18)19)7-12(10,14)11(16)17;/h9-10,18-19H,3-8,14H2,1-2H3,(H,16,17);1H/t9-,10-,12+;/m0./s1. The molecule has 5 N–H and O–H groups in total. The van der Waals surface area contributed by atoms with E-state index in [2.05, 4.69) is 0 Å². The Labute approximate surface area is 126 Å². The summed E-state index contributed by atoms with van der Waals surface area (Å²) in [5, 5.41) is 27.2. The predicted molar refractivity (Wildman–Crippen MR) is 80.8 cm³/mol. The molecule has 118 valence electrons. The number of hydrogen-bond donors (Lipinski definition) is 4. The molecule has 1 aliphatic carbocycles. The van der Waals surface area contributed by atoms with Crippen molar-refractivity contribution in [2.24, 2.45) is 17.6 Å². The van der Waals surface area contributed by atoms with Crippen LogP contribution in [0.3, 0.4) is 0 Å². The van der Waals surface area contributed by atoms with Crippen LogP contribution < -0.4 is 5.73 Å². The summed E-state index contributed by atoms with van der Waals surface area (Å²) >= 11 is 0. The van der Waals surface area contributed by atoms with Gasteiger partial charge < -0.3 is 25.8 Å². The van der Waals surface area contributed by atoms with E-state index in [0.717, 1.165) is 12.8 Å². The molecule has 6 nitrogen and oxygen atoms in total. The van der Waals surface area contributed by atoms with E-state index < -0.39 is 18.6 Å². The first kappa shape index (κ1) is 19.7. The van der Waals surface area contributed by atoms with Gasteiger partial charge in [0.25, 0.3) is 0 Å². The van der Waals surface area contributed by atoms with Crippen LogP contribution in [0.1, 0.15) is 25.7 Å². The summed E-state index contributed by atoms with van der Waals surface area (Å²) in [6.07, 6.45) is 2.97. The van der Waals surface area contributed by atoms with Crippen LogP contribution in [0.5, 0.6) is 0 Å². The van der Waals surface area contributed by atoms with Gasteiger partial charge in [-0.15, -0.1) is 12.4 Å². The largest absolute Gasteiger partial charge is 0.480 e. The van der Waals surface area contributed by atoms with E-state index in [1.165, 1.54) is 0 Å². The molecule has 0 heterocycles. The molecule has 0 spiro atoms. The Kier molecular flexibility index (Phi) is 8.05. The lowest BCUT2D eigenvalue weighted by atomic mass is 9.66. The molecule has 1 aliphatic rings. The minimum absolute atomic E-state index is 0. The monoisotopic (exact) mass is 308 g/mol. The molecule has 3 atom stereocenters. The first-order chi connectivity index (χ1) is 8.75. The van der Waals surface area contributed by atoms with E-state index in [1.54, 1.807) is 0 Å². The molecule has 20 heavy (non-hydrogen) atoms. The molecule has 0 amide bonds. The molecule has 0 aromatic rings. The van der Waals surface area contributed by atoms with Crippen LogP contribution in [-0.2, 0) is 4.79 Å². The van der Waals surface area contributed by atoms with Gasteiger partial charge in [-0.1, -0.05) is 6.42 Å². The number of carboxylic acid groups (broad SMARTS) is 1. The van der Waals surface area contributed by atoms with E-state index in [-0.39, 0.29) is 30.6 Å². The first-order valence-electron chi connectivity index (χ1n) is 6.79. The normalized spacial score (nSPS) is 29.9. The van der Waals surface area contributed by atoms with Crippen LogP contribution >= 0.6 is 12.4 Å². The smallest absolute Gasteiger partial charge is 0.451 e. The fourth-order valence-corrected chi connectivity index (χ4v) is 3.03. The molecular weight excluding hydrogens is 282 g/mol. The van der Waals surface area contributed by atoms with Crippen molar-refractivity contribution in [3.63, 3.8) is 0 Å². The average Bonchev–Trinajstić information content (AvgIpc) is 2.29. The highest BCUT2D eigenvalue weighted by Crippen LogP contribution is 2.38. The van der Waals surface area contributed by atoms with Crippen molar-refractivity contribution in [2.75, 3.05) is 20.6 Å². The van der Waals surface area contributed by atoms with Gasteiger partial charge in [-0.05, 0) is 45.6 Å². The zero-order valence-electron chi connectivity index (χ0n) is 12.2. The molecule has 0 unspecified atom stereocenters. The zero-order chi connectivity index (χ0) is 14.6. The summed E-state index contributed by atoms with van der Waals surface area (Å²) in [6.45, 7) is 0.665. The van der Waals surface area contributed by atoms with Gasteiger partial charge in [0.05, 0.1) is 0 Å². The third-order valence-corrected chi connectivity index (χ3v) is 4.10. The van der Waals surface area contributed by atoms with Gasteiger partial charge in [-0.2, -0.15) is 0 Å². The number of nitrogens with two attached hydrogens (primary N) is 1. The van der Waals surface area contributed by atoms with Crippen molar-refractivity contribution in [3.8, 4) is 0 Å². The minimum atomic E-state index is -1.32. The number of aliphatic carboxylic acids is 1. The van der Waals surface area contributed by atoms with E-state index in [0.29, 0.717) is 19.4 Å². The number of carbonyl (C=O) groups is 1. The highest BCUT2D eigenvalue weighted by molar-refractivity contribution is 6.40. The van der Waals surface area contributed by atoms with Crippen LogP contribution in [0.4, 0.5) is 0 Å². The number of nitrogens with zero attached hydrogens (tertiary/aromatic N) is 1. The summed E-state index contributed by atoms with van der Waals surface area (Å²) in [6, 6.07) is 0. The van der Waals surface area contributed by atoms with Crippen molar-refractivity contribution in [3.05, 3.63) is 0 Å². The predicted octanol–water partition coefficient (Wildman–Crippen LogP) is 0.0311. The highest BCUT2D eigenvalue weighted by atomic mass is 35.5. The van der Waals surface area contributed by atoms with Crippen LogP contribution in [0.2, 0.25) is 6.32 Å². The number of rotatable bonds is 6. The van der Waals surface area contributed by atoms with Gasteiger partial charge in [0.2, 0.25) is 0 Å². The topological polar surface area (TPSA) is 107 Å². The van der Waals surface area contributed by atoms with E-state index in [1.807, 2.05) is 19.0 Å². The Bertz CT molecular complexity index is 320. The van der Waals surface area contributed by atoms with E-state index in [9.17, 15) is 9.90 Å². The van der Waals surface area contributed by atoms with Gasteiger partial charge in [0.15, 0.2) is 0 Å². The Hall–Kier alpha value is -0.335. The van der Waals surface area contributed by atoms with Crippen LogP contribution in [0.15, 0.2) is 0 Å². The van der Waals surface area contributed by atoms with Crippen LogP contribution in [-0.4, -0.2) is 59.3 Å². The molecule has 0 aliphatic heterocycles. The second-order valence-corrected chi connectivity index (χ2v) is 6.01. The molecule has 0 radical (unpaired) electrons. The van der Waals surface area contributed by atoms with Crippen LogP contribution in [0, 0.1) is 11.8 Å². The third-order valence-electron chi connectivity index (χ3n) is 4.10. The Morgan fingerprint density at radius 1 is 1.40 bits per heavy atom. The molecule has 0 aromatic carbocycles. The second-order valence-electron chi connectivity index (χ2n) is 6.01. The molecule has 1 saturated carbocycles. The fraction of sp³-hybridized carbons (Fsp3) is 0.917. The first-order valence-corrected chi connectivity index (χ1v) is 6.79. The lowest BCUT2D eigenvalue weighted by Gasteiger charge is -2.42. The van der Waals surface area contributed by atoms with Gasteiger partial charge in [0, 0.05) is 12.5 Å². The second kappa shape index (κ2) is 8.19. The maximum atomic E-state index is 11.5. The molecule has 0 aromatic heterocycles. The minimum Gasteiger partial charge on any atom is -0.480 e. The quantitative estimate of drug-likeness (QED) is 0.516. The summed E-state index contributed by atoms with van der Waals surface area (Å²) in [5.41, 5.74) is 4.94. The summed E-state index contributed by atoms with van der Waals surface area (Å²) in [4.78, 5) is 13.5. The lowest BCUT2D eigenvalue weighted by molar-refractivity contribution is -0.148. The molecule has 1 fully saturated rings. The maximum absolute atomic E-state index is 11.5. The maximum Gasteiger partial charge on any atom is 0.451 e. The number of hydrogen-bond acceptors (Lipinski definition) is 5. The molecule has 8 heteroatoms. The lowest BCUT2D eigenvalue weighted by Crippen LogP contribution is -2.59. The Morgan fingerprint density at radius 3 is 2.45 bits per heavy atom. The zero-order valence-corrected chi connectivity index (χ0v) is 13.0. The fourth-order valence-electron chi connectivity index (χ4n) is 3.03. The van der Waals surface area contributed by atoms with Gasteiger partial charge in [-0.25, -0.2) is 0 Å². The Balaban J connectivity index is 0.00000361. The van der Waals surface area contributed by atoms with E-state index in [4.69, 9.17) is 15.8 Å². The van der Waals surface area contributed by atoms with Crippen molar-refractivity contribution in [2.45, 2.75) is 37.5 Å². The summed E-state index contributed by atoms with van der Waals surface area (Å²) in [7, 11) is 2.50. The van der Waals surface area contributed by atoms with Gasteiger partial charge in [0.1, 0.15) is 5.54 Å². The molecule has 1 rings (SSSR count). The van der Waals surface area contributed by atoms with Gasteiger partial charge >= 0.3 is 13.1 Å². The molecule has 0 bridgehead atoms. The number of halogens is 1. The van der Waals surface area contributed by atoms with Crippen molar-refractivity contribution in [1.82, 2.24) is 4.90 Å². The van der Waals surface area contributed by atoms with Crippen LogP contribution in [0.25, 0.3) is 0 Å². The van der Waals surface area contributed by atoms with E-state index >= 15 is 0 Å². The Morgan fingerprint density at radius 2 is 2.00 bits per heavy atom. The highest BCUT2D eigenvalue weighted by Gasteiger charge is 2.46. The summed E-state index contributed by atoms with van der Waals surface area (Å²) < 4.78 is 0. The molecular formula is C12H26BClN2O4. The third kappa shape index (κ3) is 5.22.